The number of halogens is 2. The fourth-order valence-corrected chi connectivity index (χ4v) is 3.96. The Hall–Kier alpha value is -2.52. The monoisotopic (exact) mass is 438 g/mol. The molecule has 1 aromatic carbocycles. The highest BCUT2D eigenvalue weighted by Crippen LogP contribution is 2.31. The van der Waals surface area contributed by atoms with Gasteiger partial charge in [0.1, 0.15) is 17.9 Å². The molecule has 1 atom stereocenters. The average molecular weight is 439 g/mol. The van der Waals surface area contributed by atoms with Crippen LogP contribution in [0.4, 0.5) is 14.3 Å². The summed E-state index contributed by atoms with van der Waals surface area (Å²) in [5, 5.41) is 7.23. The Morgan fingerprint density at radius 3 is 2.66 bits per heavy atom. The van der Waals surface area contributed by atoms with Crippen LogP contribution in [-0.4, -0.2) is 34.3 Å². The summed E-state index contributed by atoms with van der Waals surface area (Å²) in [4.78, 5) is 42.8. The molecule has 0 spiro atoms. The molecule has 2 N–H and O–H groups in total. The number of carbonyl (C=O) groups is 3. The van der Waals surface area contributed by atoms with Crippen LogP contribution in [-0.2, 0) is 20.5 Å². The second-order valence-electron chi connectivity index (χ2n) is 7.91. The highest BCUT2D eigenvalue weighted by molar-refractivity contribution is 7.14. The molecule has 0 saturated carbocycles. The van der Waals surface area contributed by atoms with E-state index in [9.17, 15) is 18.8 Å². The van der Waals surface area contributed by atoms with Crippen LogP contribution in [0.5, 0.6) is 0 Å². The molecule has 1 aliphatic heterocycles. The number of benzene rings is 1. The maximum absolute atomic E-state index is 13.4. The van der Waals surface area contributed by atoms with Crippen molar-refractivity contribution in [2.75, 3.05) is 11.9 Å². The zero-order valence-corrected chi connectivity index (χ0v) is 17.9. The standard InChI is InChI=1S/C19H20ClFN4O3S/c1-18(2,3)13-9-29-16(22-13)23-14(26)8-25-15(27)19(4,24-17(25)28)10-5-6-12(21)11(20)7-10/h5-7,9H,8H2,1-4H3,(H,24,28)(H,22,23,26). The molecule has 3 rings (SSSR count). The number of amides is 4. The minimum Gasteiger partial charge on any atom is -0.319 e. The molecule has 154 valence electrons. The minimum atomic E-state index is -1.45. The largest absolute Gasteiger partial charge is 0.325 e. The van der Waals surface area contributed by atoms with Crippen molar-refractivity contribution >= 4 is 45.9 Å². The third-order valence-corrected chi connectivity index (χ3v) is 5.64. The molecule has 2 aromatic rings. The van der Waals surface area contributed by atoms with Gasteiger partial charge in [-0.05, 0) is 24.6 Å². The maximum Gasteiger partial charge on any atom is 0.325 e. The van der Waals surface area contributed by atoms with E-state index < -0.39 is 35.7 Å². The Bertz CT molecular complexity index is 1000. The number of nitrogens with zero attached hydrogens (tertiary/aromatic N) is 2. The first-order chi connectivity index (χ1) is 13.4. The smallest absolute Gasteiger partial charge is 0.319 e. The van der Waals surface area contributed by atoms with Crippen molar-refractivity contribution in [1.29, 1.82) is 0 Å². The SMILES string of the molecule is CC(C)(C)c1csc(NC(=O)CN2C(=O)NC(C)(c3ccc(F)c(Cl)c3)C2=O)n1. The van der Waals surface area contributed by atoms with Crippen LogP contribution in [0, 0.1) is 5.82 Å². The van der Waals surface area contributed by atoms with Crippen LogP contribution < -0.4 is 10.6 Å². The lowest BCUT2D eigenvalue weighted by Crippen LogP contribution is -2.42. The number of thiazole rings is 1. The normalized spacial score (nSPS) is 19.4. The van der Waals surface area contributed by atoms with Crippen LogP contribution in [0.3, 0.4) is 0 Å². The lowest BCUT2D eigenvalue weighted by Gasteiger charge is -2.22. The quantitative estimate of drug-likeness (QED) is 0.713. The number of aromatic nitrogens is 1. The third-order valence-electron chi connectivity index (χ3n) is 4.59. The fourth-order valence-electron chi connectivity index (χ4n) is 2.82. The van der Waals surface area contributed by atoms with Gasteiger partial charge < -0.3 is 10.6 Å². The molecule has 0 aliphatic carbocycles. The number of rotatable bonds is 4. The van der Waals surface area contributed by atoms with E-state index in [0.29, 0.717) is 10.7 Å². The van der Waals surface area contributed by atoms with Crippen molar-refractivity contribution < 1.29 is 18.8 Å². The predicted octanol–water partition coefficient (Wildman–Crippen LogP) is 3.64. The van der Waals surface area contributed by atoms with E-state index >= 15 is 0 Å². The van der Waals surface area contributed by atoms with E-state index in [1.165, 1.54) is 30.4 Å². The van der Waals surface area contributed by atoms with Gasteiger partial charge in [-0.15, -0.1) is 11.3 Å². The van der Waals surface area contributed by atoms with E-state index in [1.54, 1.807) is 0 Å². The highest BCUT2D eigenvalue weighted by Gasteiger charge is 2.49. The van der Waals surface area contributed by atoms with Crippen molar-refractivity contribution in [3.63, 3.8) is 0 Å². The molecule has 4 amide bonds. The molecular weight excluding hydrogens is 419 g/mol. The van der Waals surface area contributed by atoms with E-state index in [0.717, 1.165) is 16.7 Å². The third kappa shape index (κ3) is 4.11. The number of nitrogens with one attached hydrogen (secondary N) is 2. The van der Waals surface area contributed by atoms with Gasteiger partial charge >= 0.3 is 6.03 Å². The van der Waals surface area contributed by atoms with Crippen molar-refractivity contribution in [3.8, 4) is 0 Å². The van der Waals surface area contributed by atoms with Gasteiger partial charge in [0.15, 0.2) is 5.13 Å². The Kier molecular flexibility index (Phi) is 5.40. The van der Waals surface area contributed by atoms with E-state index in [1.807, 2.05) is 26.2 Å². The Balaban J connectivity index is 1.73. The molecule has 0 bridgehead atoms. The topological polar surface area (TPSA) is 91.4 Å². The Morgan fingerprint density at radius 1 is 1.38 bits per heavy atom. The van der Waals surface area contributed by atoms with Crippen LogP contribution in [0.2, 0.25) is 5.02 Å². The summed E-state index contributed by atoms with van der Waals surface area (Å²) in [6, 6.07) is 3.05. The first-order valence-electron chi connectivity index (χ1n) is 8.77. The number of anilines is 1. The highest BCUT2D eigenvalue weighted by atomic mass is 35.5. The van der Waals surface area contributed by atoms with Crippen LogP contribution in [0.25, 0.3) is 0 Å². The summed E-state index contributed by atoms with van der Waals surface area (Å²) in [5.74, 6) is -1.82. The van der Waals surface area contributed by atoms with Crippen molar-refractivity contribution in [2.24, 2.45) is 0 Å². The second kappa shape index (κ2) is 7.38. The van der Waals surface area contributed by atoms with Crippen LogP contribution in [0.15, 0.2) is 23.6 Å². The van der Waals surface area contributed by atoms with E-state index in [-0.39, 0.29) is 10.4 Å². The fraction of sp³-hybridized carbons (Fsp3) is 0.368. The summed E-state index contributed by atoms with van der Waals surface area (Å²) in [6.07, 6.45) is 0. The van der Waals surface area contributed by atoms with Gasteiger partial charge in [0.25, 0.3) is 5.91 Å². The summed E-state index contributed by atoms with van der Waals surface area (Å²) in [6.45, 7) is 7.01. The first-order valence-corrected chi connectivity index (χ1v) is 10.0. The average Bonchev–Trinajstić information content (AvgIpc) is 3.17. The Labute approximate surface area is 176 Å². The Morgan fingerprint density at radius 2 is 2.07 bits per heavy atom. The van der Waals surface area contributed by atoms with Gasteiger partial charge in [0, 0.05) is 10.8 Å². The van der Waals surface area contributed by atoms with E-state index in [4.69, 9.17) is 11.6 Å². The van der Waals surface area contributed by atoms with Crippen molar-refractivity contribution in [1.82, 2.24) is 15.2 Å². The lowest BCUT2D eigenvalue weighted by molar-refractivity contribution is -0.133. The molecule has 1 aromatic heterocycles. The summed E-state index contributed by atoms with van der Waals surface area (Å²) < 4.78 is 13.4. The molecule has 0 radical (unpaired) electrons. The number of hydrogen-bond acceptors (Lipinski definition) is 5. The van der Waals surface area contributed by atoms with Gasteiger partial charge in [-0.1, -0.05) is 38.4 Å². The molecule has 10 heteroatoms. The number of carbonyl (C=O) groups excluding carboxylic acids is 3. The van der Waals surface area contributed by atoms with Gasteiger partial charge in [-0.2, -0.15) is 0 Å². The zero-order chi connectivity index (χ0) is 21.6. The molecule has 1 fully saturated rings. The summed E-state index contributed by atoms with van der Waals surface area (Å²) in [7, 11) is 0. The van der Waals surface area contributed by atoms with Crippen LogP contribution >= 0.6 is 22.9 Å². The number of urea groups is 1. The summed E-state index contributed by atoms with van der Waals surface area (Å²) >= 11 is 7.07. The molecule has 1 unspecified atom stereocenters. The molecule has 29 heavy (non-hydrogen) atoms. The minimum absolute atomic E-state index is 0.164. The summed E-state index contributed by atoms with van der Waals surface area (Å²) in [5.41, 5.74) is -0.467. The molecular formula is C19H20ClFN4O3S. The lowest BCUT2D eigenvalue weighted by atomic mass is 9.92. The molecule has 7 nitrogen and oxygen atoms in total. The van der Waals surface area contributed by atoms with Gasteiger partial charge in [-0.25, -0.2) is 14.2 Å². The van der Waals surface area contributed by atoms with Gasteiger partial charge in [0.2, 0.25) is 5.91 Å². The number of imide groups is 1. The van der Waals surface area contributed by atoms with Crippen molar-refractivity contribution in [2.45, 2.75) is 38.6 Å². The second-order valence-corrected chi connectivity index (χ2v) is 9.18. The van der Waals surface area contributed by atoms with E-state index in [2.05, 4.69) is 15.6 Å². The predicted molar refractivity (Wildman–Crippen MR) is 108 cm³/mol. The first kappa shape index (κ1) is 21.2. The van der Waals surface area contributed by atoms with Crippen LogP contribution in [0.1, 0.15) is 39.0 Å². The van der Waals surface area contributed by atoms with Gasteiger partial charge in [0.05, 0.1) is 10.7 Å². The number of hydrogen-bond donors (Lipinski definition) is 2. The molecule has 1 saturated heterocycles. The van der Waals surface area contributed by atoms with Gasteiger partial charge in [-0.3, -0.25) is 14.5 Å². The molecule has 2 heterocycles. The molecule has 1 aliphatic rings. The zero-order valence-electron chi connectivity index (χ0n) is 16.3. The van der Waals surface area contributed by atoms with Crippen molar-refractivity contribution in [3.05, 3.63) is 45.7 Å². The maximum atomic E-state index is 13.4.